The maximum atomic E-state index is 12.5. The van der Waals surface area contributed by atoms with E-state index in [4.69, 9.17) is 9.84 Å². The summed E-state index contributed by atoms with van der Waals surface area (Å²) in [5.74, 6) is -1.38. The third kappa shape index (κ3) is 30.2. The minimum Gasteiger partial charge on any atom is -0.480 e. The van der Waals surface area contributed by atoms with E-state index in [2.05, 4.69) is 61.7 Å². The molecule has 0 bridgehead atoms. The lowest BCUT2D eigenvalue weighted by atomic mass is 10.1. The third-order valence-electron chi connectivity index (χ3n) is 6.69. The van der Waals surface area contributed by atoms with Crippen molar-refractivity contribution < 1.29 is 24.2 Å². The average Bonchev–Trinajstić information content (AvgIpc) is 2.95. The lowest BCUT2D eigenvalue weighted by Crippen LogP contribution is -2.28. The Balaban J connectivity index is 4.17. The van der Waals surface area contributed by atoms with Gasteiger partial charge >= 0.3 is 11.9 Å². The van der Waals surface area contributed by atoms with Crippen molar-refractivity contribution in [3.8, 4) is 0 Å². The van der Waals surface area contributed by atoms with Crippen LogP contribution in [0.2, 0.25) is 0 Å². The number of carboxylic acid groups (broad SMARTS) is 1. The van der Waals surface area contributed by atoms with Gasteiger partial charge < -0.3 is 15.2 Å². The summed E-state index contributed by atoms with van der Waals surface area (Å²) in [6.45, 7) is 4.05. The van der Waals surface area contributed by atoms with Crippen LogP contribution in [0.15, 0.2) is 48.6 Å². The highest BCUT2D eigenvalue weighted by molar-refractivity contribution is 5.80. The minimum absolute atomic E-state index is 0.119. The molecule has 0 saturated heterocycles. The topological polar surface area (TPSA) is 92.7 Å². The van der Waals surface area contributed by atoms with Crippen LogP contribution in [-0.2, 0) is 19.1 Å². The van der Waals surface area contributed by atoms with Crippen LogP contribution in [0.1, 0.15) is 142 Å². The number of unbranched alkanes of at least 4 members (excludes halogenated alkanes) is 11. The molecule has 0 spiro atoms. The van der Waals surface area contributed by atoms with Gasteiger partial charge in [0.2, 0.25) is 5.91 Å². The van der Waals surface area contributed by atoms with E-state index in [9.17, 15) is 14.4 Å². The zero-order chi connectivity index (χ0) is 30.2. The van der Waals surface area contributed by atoms with Crippen molar-refractivity contribution in [1.82, 2.24) is 5.32 Å². The second-order valence-electron chi connectivity index (χ2n) is 10.7. The first kappa shape index (κ1) is 38.4. The minimum atomic E-state index is -1.03. The second kappa shape index (κ2) is 30.3. The summed E-state index contributed by atoms with van der Waals surface area (Å²) in [6.07, 6.45) is 36.7. The number of carbonyl (C=O) groups is 3. The number of hydrogen-bond acceptors (Lipinski definition) is 4. The van der Waals surface area contributed by atoms with Gasteiger partial charge in [-0.2, -0.15) is 0 Å². The van der Waals surface area contributed by atoms with E-state index >= 15 is 0 Å². The molecule has 0 aliphatic heterocycles. The summed E-state index contributed by atoms with van der Waals surface area (Å²) in [6, 6.07) is 0. The Morgan fingerprint density at radius 2 is 1.24 bits per heavy atom. The number of carbonyl (C=O) groups excluding carboxylic acids is 2. The van der Waals surface area contributed by atoms with Crippen LogP contribution in [0, 0.1) is 0 Å². The maximum absolute atomic E-state index is 12.5. The number of aliphatic carboxylic acids is 1. The predicted octanol–water partition coefficient (Wildman–Crippen LogP) is 9.17. The zero-order valence-electron chi connectivity index (χ0n) is 26.1. The van der Waals surface area contributed by atoms with Gasteiger partial charge in [0, 0.05) is 12.8 Å². The molecule has 0 rings (SSSR count). The molecule has 0 fully saturated rings. The van der Waals surface area contributed by atoms with E-state index in [1.54, 1.807) is 0 Å². The van der Waals surface area contributed by atoms with Gasteiger partial charge in [-0.1, -0.05) is 108 Å². The Morgan fingerprint density at radius 3 is 1.93 bits per heavy atom. The van der Waals surface area contributed by atoms with Crippen LogP contribution in [0.5, 0.6) is 0 Å². The summed E-state index contributed by atoms with van der Waals surface area (Å²) < 4.78 is 5.81. The highest BCUT2D eigenvalue weighted by Gasteiger charge is 2.11. The van der Waals surface area contributed by atoms with Crippen molar-refractivity contribution >= 4 is 17.8 Å². The first-order valence-corrected chi connectivity index (χ1v) is 16.3. The van der Waals surface area contributed by atoms with Crippen molar-refractivity contribution in [2.45, 2.75) is 148 Å². The summed E-state index contributed by atoms with van der Waals surface area (Å²) in [4.78, 5) is 34.6. The quantitative estimate of drug-likeness (QED) is 0.0553. The molecule has 6 nitrogen and oxygen atoms in total. The van der Waals surface area contributed by atoms with Gasteiger partial charge in [0.15, 0.2) is 0 Å². The molecule has 1 unspecified atom stereocenters. The van der Waals surface area contributed by atoms with Crippen LogP contribution in [0.3, 0.4) is 0 Å². The Labute approximate surface area is 250 Å². The molecule has 1 amide bonds. The number of ether oxygens (including phenoxy) is 1. The second-order valence-corrected chi connectivity index (χ2v) is 10.7. The molecule has 0 aliphatic carbocycles. The van der Waals surface area contributed by atoms with Gasteiger partial charge in [0.1, 0.15) is 12.6 Å². The smallest absolute Gasteiger partial charge is 0.322 e. The van der Waals surface area contributed by atoms with Crippen molar-refractivity contribution in [1.29, 1.82) is 0 Å². The summed E-state index contributed by atoms with van der Waals surface area (Å²) in [7, 11) is 0. The molecule has 0 radical (unpaired) electrons. The molecular formula is C35H59NO5. The van der Waals surface area contributed by atoms with E-state index < -0.39 is 5.97 Å². The van der Waals surface area contributed by atoms with E-state index in [0.29, 0.717) is 12.8 Å². The first-order chi connectivity index (χ1) is 20.0. The Morgan fingerprint density at radius 1 is 0.659 bits per heavy atom. The van der Waals surface area contributed by atoms with Gasteiger partial charge in [-0.3, -0.25) is 14.4 Å². The number of amides is 1. The van der Waals surface area contributed by atoms with Crippen molar-refractivity contribution in [2.24, 2.45) is 0 Å². The number of esters is 1. The van der Waals surface area contributed by atoms with Crippen LogP contribution in [0.25, 0.3) is 0 Å². The molecular weight excluding hydrogens is 514 g/mol. The van der Waals surface area contributed by atoms with Gasteiger partial charge in [-0.15, -0.1) is 0 Å². The van der Waals surface area contributed by atoms with Crippen LogP contribution >= 0.6 is 0 Å². The van der Waals surface area contributed by atoms with Crippen molar-refractivity contribution in [3.63, 3.8) is 0 Å². The highest BCUT2D eigenvalue weighted by atomic mass is 16.5. The molecule has 0 aromatic rings. The Hall–Kier alpha value is -2.63. The van der Waals surface area contributed by atoms with E-state index in [-0.39, 0.29) is 24.5 Å². The fourth-order valence-corrected chi connectivity index (χ4v) is 4.25. The lowest BCUT2D eigenvalue weighted by molar-refractivity contribution is -0.147. The first-order valence-electron chi connectivity index (χ1n) is 16.3. The SMILES string of the molecule is CCC/C=C\C/C=C\C(CCCCCCC(=O)NCC(=O)O)OC(=O)CCCCCCC/C=C\C/C=C\CCCC. The van der Waals surface area contributed by atoms with Gasteiger partial charge in [0.25, 0.3) is 0 Å². The zero-order valence-corrected chi connectivity index (χ0v) is 26.1. The van der Waals surface area contributed by atoms with Gasteiger partial charge in [-0.25, -0.2) is 0 Å². The number of hydrogen-bond donors (Lipinski definition) is 2. The summed E-state index contributed by atoms with van der Waals surface area (Å²) >= 11 is 0. The largest absolute Gasteiger partial charge is 0.480 e. The molecule has 0 aromatic heterocycles. The normalized spacial score (nSPS) is 12.6. The van der Waals surface area contributed by atoms with Crippen molar-refractivity contribution in [2.75, 3.05) is 6.54 Å². The molecule has 2 N–H and O–H groups in total. The monoisotopic (exact) mass is 573 g/mol. The molecule has 1 atom stereocenters. The van der Waals surface area contributed by atoms with Crippen LogP contribution in [0.4, 0.5) is 0 Å². The van der Waals surface area contributed by atoms with Crippen LogP contribution in [-0.4, -0.2) is 35.6 Å². The van der Waals surface area contributed by atoms with E-state index in [1.165, 1.54) is 32.1 Å². The molecule has 6 heteroatoms. The standard InChI is InChI=1S/C35H59NO5/c1-3-5-7-9-11-12-13-14-15-16-17-18-20-26-30-35(40)41-32(27-23-19-10-8-6-4-2)28-24-21-22-25-29-33(37)36-31-34(38)39/h8-11,13-14,23,27,32H,3-7,12,15-22,24-26,28-31H2,1-2H3,(H,36,37)(H,38,39)/b10-8-,11-9-,14-13-,27-23-. The fraction of sp³-hybridized carbons (Fsp3) is 0.686. The molecule has 0 aliphatic rings. The van der Waals surface area contributed by atoms with Crippen molar-refractivity contribution in [3.05, 3.63) is 48.6 Å². The number of nitrogens with one attached hydrogen (secondary N) is 1. The van der Waals surface area contributed by atoms with Crippen LogP contribution < -0.4 is 5.32 Å². The fourth-order valence-electron chi connectivity index (χ4n) is 4.25. The Bertz CT molecular complexity index is 769. The number of carboxylic acids is 1. The summed E-state index contributed by atoms with van der Waals surface area (Å²) in [5.41, 5.74) is 0. The van der Waals surface area contributed by atoms with E-state index in [1.807, 2.05) is 6.08 Å². The van der Waals surface area contributed by atoms with Gasteiger partial charge in [0.05, 0.1) is 0 Å². The van der Waals surface area contributed by atoms with E-state index in [0.717, 1.165) is 83.5 Å². The third-order valence-corrected chi connectivity index (χ3v) is 6.69. The molecule has 0 aromatic carbocycles. The summed E-state index contributed by atoms with van der Waals surface area (Å²) in [5, 5.41) is 11.0. The maximum Gasteiger partial charge on any atom is 0.322 e. The highest BCUT2D eigenvalue weighted by Crippen LogP contribution is 2.14. The average molecular weight is 574 g/mol. The molecule has 234 valence electrons. The number of rotatable bonds is 28. The lowest BCUT2D eigenvalue weighted by Gasteiger charge is -2.14. The Kier molecular flexibility index (Phi) is 28.4. The predicted molar refractivity (Wildman–Crippen MR) is 171 cm³/mol. The van der Waals surface area contributed by atoms with Gasteiger partial charge in [-0.05, 0) is 70.3 Å². The molecule has 0 saturated carbocycles. The molecule has 41 heavy (non-hydrogen) atoms. The number of allylic oxidation sites excluding steroid dienone is 7. The molecule has 0 heterocycles.